The zero-order chi connectivity index (χ0) is 14.7. The Morgan fingerprint density at radius 2 is 1.74 bits per heavy atom. The molecule has 0 bridgehead atoms. The minimum atomic E-state index is -1.08. The van der Waals surface area contributed by atoms with E-state index in [4.69, 9.17) is 0 Å². The van der Waals surface area contributed by atoms with E-state index in [1.54, 1.807) is 0 Å². The number of benzene rings is 1. The summed E-state index contributed by atoms with van der Waals surface area (Å²) in [5.41, 5.74) is 1.63. The molecule has 108 valence electrons. The Hall–Kier alpha value is -0.123. The normalized spacial score (nSPS) is 14.5. The molecule has 0 spiro atoms. The van der Waals surface area contributed by atoms with Crippen molar-refractivity contribution in [2.45, 2.75) is 57.9 Å². The number of hydrogen-bond acceptors (Lipinski definition) is 1. The molecule has 1 atom stereocenters. The van der Waals surface area contributed by atoms with Crippen LogP contribution in [-0.4, -0.2) is 20.2 Å². The summed E-state index contributed by atoms with van der Waals surface area (Å²) in [4.78, 5) is 0. The lowest BCUT2D eigenvalue weighted by atomic mass is 9.99. The van der Waals surface area contributed by atoms with Crippen LogP contribution in [0.15, 0.2) is 28.7 Å². The maximum Gasteiger partial charge on any atom is 0.0449 e. The topological polar surface area (TPSA) is 12.0 Å². The summed E-state index contributed by atoms with van der Waals surface area (Å²) >= 11 is 3.71. The molecule has 0 aliphatic rings. The van der Waals surface area contributed by atoms with Crippen LogP contribution < -0.4 is 5.32 Å². The van der Waals surface area contributed by atoms with Gasteiger partial charge < -0.3 is 5.32 Å². The molecular weight excluding hydrogens is 314 g/mol. The highest BCUT2D eigenvalue weighted by Crippen LogP contribution is 2.31. The van der Waals surface area contributed by atoms with Gasteiger partial charge in [-0.3, -0.25) is 0 Å². The Morgan fingerprint density at radius 1 is 1.16 bits per heavy atom. The molecule has 1 aromatic carbocycles. The maximum atomic E-state index is 3.71. The third-order valence-electron chi connectivity index (χ3n) is 3.08. The summed E-state index contributed by atoms with van der Waals surface area (Å²) in [5.74, 6) is 0.599. The maximum absolute atomic E-state index is 3.71. The lowest BCUT2D eigenvalue weighted by molar-refractivity contribution is 0.411. The average Bonchev–Trinajstić information content (AvgIpc) is 2.22. The highest BCUT2D eigenvalue weighted by atomic mass is 79.9. The van der Waals surface area contributed by atoms with Gasteiger partial charge in [0.1, 0.15) is 0 Å². The van der Waals surface area contributed by atoms with Gasteiger partial charge in [-0.1, -0.05) is 53.8 Å². The molecule has 1 unspecified atom stereocenters. The van der Waals surface area contributed by atoms with Crippen LogP contribution in [0.5, 0.6) is 0 Å². The zero-order valence-corrected chi connectivity index (χ0v) is 15.8. The van der Waals surface area contributed by atoms with E-state index in [-0.39, 0.29) is 5.54 Å². The summed E-state index contributed by atoms with van der Waals surface area (Å²) < 4.78 is 1.24. The average molecular weight is 342 g/mol. The molecular formula is C16H28BrNSi. The van der Waals surface area contributed by atoms with Gasteiger partial charge in [0.05, 0.1) is 0 Å². The van der Waals surface area contributed by atoms with E-state index in [0.717, 1.165) is 6.54 Å². The number of hydrogen-bond donors (Lipinski definition) is 1. The van der Waals surface area contributed by atoms with E-state index in [9.17, 15) is 0 Å². The van der Waals surface area contributed by atoms with E-state index < -0.39 is 8.07 Å². The lowest BCUT2D eigenvalue weighted by Crippen LogP contribution is -2.40. The van der Waals surface area contributed by atoms with Gasteiger partial charge in [-0.05, 0) is 44.4 Å². The summed E-state index contributed by atoms with van der Waals surface area (Å²) in [6.45, 7) is 15.1. The van der Waals surface area contributed by atoms with Gasteiger partial charge in [0.25, 0.3) is 0 Å². The second-order valence-corrected chi connectivity index (χ2v) is 14.0. The molecule has 3 heteroatoms. The Morgan fingerprint density at radius 3 is 2.21 bits per heavy atom. The van der Waals surface area contributed by atoms with Crippen molar-refractivity contribution in [1.82, 2.24) is 5.32 Å². The first-order chi connectivity index (χ1) is 8.58. The van der Waals surface area contributed by atoms with E-state index in [1.807, 2.05) is 0 Å². The van der Waals surface area contributed by atoms with Crippen molar-refractivity contribution in [1.29, 1.82) is 0 Å². The lowest BCUT2D eigenvalue weighted by Gasteiger charge is -2.30. The van der Waals surface area contributed by atoms with Crippen LogP contribution in [0.25, 0.3) is 0 Å². The monoisotopic (exact) mass is 341 g/mol. The first kappa shape index (κ1) is 16.9. The van der Waals surface area contributed by atoms with Crippen molar-refractivity contribution >= 4 is 24.0 Å². The second-order valence-electron chi connectivity index (χ2n) is 7.61. The molecule has 0 saturated carbocycles. The van der Waals surface area contributed by atoms with Gasteiger partial charge in [-0.15, -0.1) is 0 Å². The van der Waals surface area contributed by atoms with E-state index in [1.165, 1.54) is 16.1 Å². The van der Waals surface area contributed by atoms with Crippen LogP contribution in [-0.2, 0) is 0 Å². The van der Waals surface area contributed by atoms with Crippen LogP contribution in [0.1, 0.15) is 32.3 Å². The molecule has 0 fully saturated rings. The number of halogens is 1. The Kier molecular flexibility index (Phi) is 5.84. The summed E-state index contributed by atoms with van der Waals surface area (Å²) in [6.07, 6.45) is 0. The fourth-order valence-corrected chi connectivity index (χ4v) is 4.72. The van der Waals surface area contributed by atoms with Gasteiger partial charge in [0.15, 0.2) is 0 Å². The van der Waals surface area contributed by atoms with E-state index in [2.05, 4.69) is 85.9 Å². The minimum Gasteiger partial charge on any atom is -0.311 e. The quantitative estimate of drug-likeness (QED) is 0.720. The van der Waals surface area contributed by atoms with Crippen LogP contribution in [0.4, 0.5) is 0 Å². The SMILES string of the molecule is CC(C)(C)NCC(C[Si](C)(C)C)c1ccccc1Br. The van der Waals surface area contributed by atoms with Crippen LogP contribution in [0.3, 0.4) is 0 Å². The van der Waals surface area contributed by atoms with Crippen LogP contribution in [0, 0.1) is 0 Å². The highest BCUT2D eigenvalue weighted by molar-refractivity contribution is 9.10. The smallest absolute Gasteiger partial charge is 0.0449 e. The van der Waals surface area contributed by atoms with Crippen LogP contribution >= 0.6 is 15.9 Å². The molecule has 0 amide bonds. The molecule has 0 radical (unpaired) electrons. The molecule has 0 aromatic heterocycles. The van der Waals surface area contributed by atoms with Crippen LogP contribution in [0.2, 0.25) is 25.7 Å². The van der Waals surface area contributed by atoms with Crippen molar-refractivity contribution < 1.29 is 0 Å². The molecule has 1 N–H and O–H groups in total. The first-order valence-electron chi connectivity index (χ1n) is 7.08. The van der Waals surface area contributed by atoms with Crippen molar-refractivity contribution in [2.75, 3.05) is 6.54 Å². The fraction of sp³-hybridized carbons (Fsp3) is 0.625. The van der Waals surface area contributed by atoms with Crippen molar-refractivity contribution in [3.63, 3.8) is 0 Å². The van der Waals surface area contributed by atoms with Crippen molar-refractivity contribution in [3.8, 4) is 0 Å². The van der Waals surface area contributed by atoms with Gasteiger partial charge in [0, 0.05) is 24.6 Å². The molecule has 19 heavy (non-hydrogen) atoms. The van der Waals surface area contributed by atoms with Crippen molar-refractivity contribution in [3.05, 3.63) is 34.3 Å². The minimum absolute atomic E-state index is 0.180. The van der Waals surface area contributed by atoms with Gasteiger partial charge in [-0.25, -0.2) is 0 Å². The molecule has 0 aliphatic heterocycles. The summed E-state index contributed by atoms with van der Waals surface area (Å²) in [6, 6.07) is 9.98. The van der Waals surface area contributed by atoms with E-state index in [0.29, 0.717) is 5.92 Å². The number of nitrogens with one attached hydrogen (secondary N) is 1. The van der Waals surface area contributed by atoms with Gasteiger partial charge in [0.2, 0.25) is 0 Å². The van der Waals surface area contributed by atoms with Crippen molar-refractivity contribution in [2.24, 2.45) is 0 Å². The number of rotatable bonds is 5. The fourth-order valence-electron chi connectivity index (χ4n) is 2.27. The largest absolute Gasteiger partial charge is 0.311 e. The summed E-state index contributed by atoms with van der Waals surface area (Å²) in [7, 11) is -1.08. The molecule has 0 aliphatic carbocycles. The van der Waals surface area contributed by atoms with Gasteiger partial charge >= 0.3 is 0 Å². The highest BCUT2D eigenvalue weighted by Gasteiger charge is 2.24. The zero-order valence-electron chi connectivity index (χ0n) is 13.2. The standard InChI is InChI=1S/C16H28BrNSi/c1-16(2,3)18-11-13(12-19(4,5)6)14-9-7-8-10-15(14)17/h7-10,13,18H,11-12H2,1-6H3. The molecule has 1 rings (SSSR count). The molecule has 1 nitrogen and oxygen atoms in total. The van der Waals surface area contributed by atoms with E-state index >= 15 is 0 Å². The molecule has 0 heterocycles. The second kappa shape index (κ2) is 6.55. The predicted octanol–water partition coefficient (Wildman–Crippen LogP) is 5.26. The Balaban J connectivity index is 2.90. The first-order valence-corrected chi connectivity index (χ1v) is 11.6. The Bertz CT molecular complexity index is 404. The molecule has 0 saturated heterocycles. The third-order valence-corrected chi connectivity index (χ3v) is 5.52. The predicted molar refractivity (Wildman–Crippen MR) is 92.8 cm³/mol. The van der Waals surface area contributed by atoms with Gasteiger partial charge in [-0.2, -0.15) is 0 Å². The third kappa shape index (κ3) is 6.73. The molecule has 1 aromatic rings. The summed E-state index contributed by atoms with van der Waals surface area (Å²) in [5, 5.41) is 3.67. The Labute approximate surface area is 128 Å².